The molecule has 1 atom stereocenters. The van der Waals surface area contributed by atoms with Crippen LogP contribution < -0.4 is 19.5 Å². The van der Waals surface area contributed by atoms with Gasteiger partial charge in [-0.05, 0) is 49.2 Å². The fourth-order valence-corrected chi connectivity index (χ4v) is 5.26. The third kappa shape index (κ3) is 5.76. The molecule has 2 heterocycles. The average Bonchev–Trinajstić information content (AvgIpc) is 3.11. The number of nitrogens with zero attached hydrogens (tertiary/aromatic N) is 1. The lowest BCUT2D eigenvalue weighted by Gasteiger charge is -2.20. The molecule has 0 spiro atoms. The number of aliphatic hydroxyl groups is 1. The van der Waals surface area contributed by atoms with Crippen LogP contribution in [0.2, 0.25) is 0 Å². The van der Waals surface area contributed by atoms with Gasteiger partial charge in [-0.15, -0.1) is 0 Å². The molecular weight excluding hydrogens is 448 g/mol. The lowest BCUT2D eigenvalue weighted by atomic mass is 10.2. The van der Waals surface area contributed by atoms with Crippen LogP contribution in [0, 0.1) is 0 Å². The molecular formula is C23H28N2O7S. The van der Waals surface area contributed by atoms with Gasteiger partial charge in [-0.1, -0.05) is 12.8 Å². The maximum Gasteiger partial charge on any atom is 0.251 e. The summed E-state index contributed by atoms with van der Waals surface area (Å²) < 4.78 is 43.3. The highest BCUT2D eigenvalue weighted by atomic mass is 32.2. The molecule has 0 saturated carbocycles. The number of carbonyl (C=O) groups is 1. The maximum atomic E-state index is 12.9. The van der Waals surface area contributed by atoms with E-state index in [9.17, 15) is 18.3 Å². The molecule has 1 saturated heterocycles. The van der Waals surface area contributed by atoms with E-state index in [1.807, 2.05) is 0 Å². The van der Waals surface area contributed by atoms with Crippen molar-refractivity contribution in [3.05, 3.63) is 48.0 Å². The Kier molecular flexibility index (Phi) is 7.36. The van der Waals surface area contributed by atoms with E-state index in [1.54, 1.807) is 18.2 Å². The van der Waals surface area contributed by atoms with Crippen LogP contribution in [0.3, 0.4) is 0 Å². The first-order valence-electron chi connectivity index (χ1n) is 11.0. The van der Waals surface area contributed by atoms with Crippen molar-refractivity contribution in [2.24, 2.45) is 0 Å². The van der Waals surface area contributed by atoms with Gasteiger partial charge in [0, 0.05) is 31.3 Å². The summed E-state index contributed by atoms with van der Waals surface area (Å²) in [6, 6.07) is 11.0. The van der Waals surface area contributed by atoms with E-state index in [0.717, 1.165) is 25.7 Å². The van der Waals surface area contributed by atoms with Gasteiger partial charge in [0.15, 0.2) is 11.5 Å². The van der Waals surface area contributed by atoms with Crippen molar-refractivity contribution in [2.75, 3.05) is 33.0 Å². The lowest BCUT2D eigenvalue weighted by Crippen LogP contribution is -2.35. The second-order valence-electron chi connectivity index (χ2n) is 8.03. The zero-order valence-electron chi connectivity index (χ0n) is 18.2. The van der Waals surface area contributed by atoms with Gasteiger partial charge in [0.25, 0.3) is 5.91 Å². The van der Waals surface area contributed by atoms with Crippen molar-refractivity contribution in [3.63, 3.8) is 0 Å². The van der Waals surface area contributed by atoms with Gasteiger partial charge >= 0.3 is 0 Å². The highest BCUT2D eigenvalue weighted by Crippen LogP contribution is 2.35. The molecule has 178 valence electrons. The molecule has 1 amide bonds. The van der Waals surface area contributed by atoms with Crippen LogP contribution >= 0.6 is 0 Å². The van der Waals surface area contributed by atoms with E-state index in [4.69, 9.17) is 14.2 Å². The van der Waals surface area contributed by atoms with E-state index in [2.05, 4.69) is 5.32 Å². The zero-order valence-corrected chi connectivity index (χ0v) is 19.1. The summed E-state index contributed by atoms with van der Waals surface area (Å²) in [5, 5.41) is 12.8. The number of ether oxygens (including phenoxy) is 3. The van der Waals surface area contributed by atoms with Gasteiger partial charge in [-0.2, -0.15) is 4.31 Å². The first-order chi connectivity index (χ1) is 15.9. The predicted molar refractivity (Wildman–Crippen MR) is 120 cm³/mol. The van der Waals surface area contributed by atoms with E-state index in [0.29, 0.717) is 35.9 Å². The number of hydrogen-bond donors (Lipinski definition) is 2. The Balaban J connectivity index is 1.26. The van der Waals surface area contributed by atoms with Gasteiger partial charge in [0.1, 0.15) is 18.5 Å². The molecule has 2 aromatic rings. The molecule has 2 aliphatic rings. The Morgan fingerprint density at radius 2 is 1.73 bits per heavy atom. The molecule has 0 aromatic heterocycles. The molecule has 2 N–H and O–H groups in total. The number of fused-ring (bicyclic) bond motifs is 1. The zero-order chi connectivity index (χ0) is 23.3. The summed E-state index contributed by atoms with van der Waals surface area (Å²) in [6.45, 7) is 1.18. The fourth-order valence-electron chi connectivity index (χ4n) is 3.74. The van der Waals surface area contributed by atoms with Crippen molar-refractivity contribution >= 4 is 15.9 Å². The van der Waals surface area contributed by atoms with E-state index in [1.165, 1.54) is 28.6 Å². The number of aliphatic hydroxyl groups excluding tert-OH is 1. The predicted octanol–water partition coefficient (Wildman–Crippen LogP) is 2.15. The van der Waals surface area contributed by atoms with Crippen LogP contribution in [-0.4, -0.2) is 62.9 Å². The minimum Gasteiger partial charge on any atom is -0.491 e. The van der Waals surface area contributed by atoms with Crippen molar-refractivity contribution in [3.8, 4) is 17.2 Å². The summed E-state index contributed by atoms with van der Waals surface area (Å²) >= 11 is 0. The monoisotopic (exact) mass is 476 g/mol. The van der Waals surface area contributed by atoms with Gasteiger partial charge in [0.05, 0.1) is 4.90 Å². The topological polar surface area (TPSA) is 114 Å². The minimum atomic E-state index is -3.56. The summed E-state index contributed by atoms with van der Waals surface area (Å²) in [5.41, 5.74) is 0.314. The molecule has 9 nitrogen and oxygen atoms in total. The highest BCUT2D eigenvalue weighted by molar-refractivity contribution is 7.89. The molecule has 10 heteroatoms. The van der Waals surface area contributed by atoms with E-state index in [-0.39, 0.29) is 24.8 Å². The van der Waals surface area contributed by atoms with Crippen LogP contribution in [0.4, 0.5) is 0 Å². The molecule has 0 radical (unpaired) electrons. The first kappa shape index (κ1) is 23.3. The molecule has 0 aliphatic carbocycles. The summed E-state index contributed by atoms with van der Waals surface area (Å²) in [5.74, 6) is 1.33. The largest absolute Gasteiger partial charge is 0.491 e. The standard InChI is InChI=1S/C23H28N2O7S/c26-18(15-30-19-7-10-21-22(13-19)32-16-31-21)14-24-23(27)17-5-8-20(9-6-17)33(28,29)25-11-3-1-2-4-12-25/h5-10,13,18,26H,1-4,11-12,14-16H2,(H,24,27). The number of carbonyl (C=O) groups excluding carboxylic acids is 1. The third-order valence-corrected chi connectivity index (χ3v) is 7.52. The smallest absolute Gasteiger partial charge is 0.251 e. The molecule has 1 unspecified atom stereocenters. The number of nitrogens with one attached hydrogen (secondary N) is 1. The van der Waals surface area contributed by atoms with Gasteiger partial charge < -0.3 is 24.6 Å². The molecule has 0 bridgehead atoms. The minimum absolute atomic E-state index is 0.0167. The van der Waals surface area contributed by atoms with Crippen LogP contribution in [-0.2, 0) is 10.0 Å². The van der Waals surface area contributed by atoms with Crippen molar-refractivity contribution < 1.29 is 32.5 Å². The average molecular weight is 477 g/mol. The Hall–Kier alpha value is -2.82. The van der Waals surface area contributed by atoms with Crippen LogP contribution in [0.15, 0.2) is 47.4 Å². The Labute approximate surface area is 193 Å². The third-order valence-electron chi connectivity index (χ3n) is 5.60. The number of benzene rings is 2. The van der Waals surface area contributed by atoms with Gasteiger partial charge in [-0.25, -0.2) is 8.42 Å². The van der Waals surface area contributed by atoms with Gasteiger partial charge in [0.2, 0.25) is 16.8 Å². The van der Waals surface area contributed by atoms with E-state index < -0.39 is 22.0 Å². The quantitative estimate of drug-likeness (QED) is 0.600. The summed E-state index contributed by atoms with van der Waals surface area (Å²) in [7, 11) is -3.56. The first-order valence-corrected chi connectivity index (χ1v) is 12.5. The summed E-state index contributed by atoms with van der Waals surface area (Å²) in [4.78, 5) is 12.6. The van der Waals surface area contributed by atoms with Crippen LogP contribution in [0.25, 0.3) is 0 Å². The van der Waals surface area contributed by atoms with E-state index >= 15 is 0 Å². The second kappa shape index (κ2) is 10.4. The number of amides is 1. The molecule has 2 aromatic carbocycles. The van der Waals surface area contributed by atoms with Crippen molar-refractivity contribution in [1.29, 1.82) is 0 Å². The molecule has 2 aliphatic heterocycles. The number of sulfonamides is 1. The van der Waals surface area contributed by atoms with Crippen molar-refractivity contribution in [2.45, 2.75) is 36.7 Å². The SMILES string of the molecule is O=C(NCC(O)COc1ccc2c(c1)OCO2)c1ccc(S(=O)(=O)N2CCCCCC2)cc1. The highest BCUT2D eigenvalue weighted by Gasteiger charge is 2.25. The number of hydrogen-bond acceptors (Lipinski definition) is 7. The molecule has 33 heavy (non-hydrogen) atoms. The van der Waals surface area contributed by atoms with Crippen LogP contribution in [0.1, 0.15) is 36.0 Å². The van der Waals surface area contributed by atoms with Crippen LogP contribution in [0.5, 0.6) is 17.2 Å². The molecule has 1 fully saturated rings. The maximum absolute atomic E-state index is 12.9. The summed E-state index contributed by atoms with van der Waals surface area (Å²) in [6.07, 6.45) is 2.88. The van der Waals surface area contributed by atoms with Crippen molar-refractivity contribution in [1.82, 2.24) is 9.62 Å². The Morgan fingerprint density at radius 1 is 1.03 bits per heavy atom. The Bertz CT molecular complexity index is 1060. The fraction of sp³-hybridized carbons (Fsp3) is 0.435. The number of rotatable bonds is 8. The normalized spacial score (nSPS) is 17.2. The molecule has 4 rings (SSSR count). The van der Waals surface area contributed by atoms with Gasteiger partial charge in [-0.3, -0.25) is 4.79 Å². The Morgan fingerprint density at radius 3 is 2.45 bits per heavy atom. The lowest BCUT2D eigenvalue weighted by molar-refractivity contribution is 0.0843. The second-order valence-corrected chi connectivity index (χ2v) is 9.97.